The van der Waals surface area contributed by atoms with Gasteiger partial charge in [-0.1, -0.05) is 0 Å². The van der Waals surface area contributed by atoms with Crippen molar-refractivity contribution in [3.05, 3.63) is 0 Å². The van der Waals surface area contributed by atoms with Gasteiger partial charge in [0, 0.05) is 52.3 Å². The van der Waals surface area contributed by atoms with Gasteiger partial charge in [-0.3, -0.25) is 9.80 Å². The third-order valence-electron chi connectivity index (χ3n) is 3.22. The highest BCUT2D eigenvalue weighted by atomic mass is 35.5. The molecule has 0 aliphatic carbocycles. The van der Waals surface area contributed by atoms with Crippen molar-refractivity contribution < 1.29 is 14.2 Å². The van der Waals surface area contributed by atoms with Gasteiger partial charge < -0.3 is 14.2 Å². The molecule has 6 heteroatoms. The van der Waals surface area contributed by atoms with Gasteiger partial charge in [0.1, 0.15) is 0 Å². The highest BCUT2D eigenvalue weighted by molar-refractivity contribution is 6.18. The summed E-state index contributed by atoms with van der Waals surface area (Å²) in [5, 5.41) is 0. The number of halogens is 1. The van der Waals surface area contributed by atoms with Crippen LogP contribution < -0.4 is 0 Å². The van der Waals surface area contributed by atoms with E-state index in [1.54, 1.807) is 7.11 Å². The van der Waals surface area contributed by atoms with Crippen LogP contribution in [0.1, 0.15) is 0 Å². The maximum atomic E-state index is 5.74. The maximum Gasteiger partial charge on any atom is 0.0701 e. The van der Waals surface area contributed by atoms with Gasteiger partial charge in [0.2, 0.25) is 0 Å². The lowest BCUT2D eigenvalue weighted by atomic mass is 10.3. The van der Waals surface area contributed by atoms with Crippen molar-refractivity contribution >= 4 is 11.6 Å². The second-order valence-corrected chi connectivity index (χ2v) is 4.97. The summed E-state index contributed by atoms with van der Waals surface area (Å²) in [6.45, 7) is 9.85. The second-order valence-electron chi connectivity index (χ2n) is 4.59. The van der Waals surface area contributed by atoms with Crippen LogP contribution in [0.5, 0.6) is 0 Å². The summed E-state index contributed by atoms with van der Waals surface area (Å²) in [6, 6.07) is 0. The molecule has 0 spiro atoms. The fraction of sp³-hybridized carbons (Fsp3) is 1.00. The number of methoxy groups -OCH3 is 1. The number of ether oxygens (including phenoxy) is 3. The molecule has 0 bridgehead atoms. The zero-order valence-corrected chi connectivity index (χ0v) is 12.7. The lowest BCUT2D eigenvalue weighted by Crippen LogP contribution is -2.47. The SMILES string of the molecule is COCCOCCOCCN1CCN(CCCl)CC1. The highest BCUT2D eigenvalue weighted by Crippen LogP contribution is 2.01. The maximum absolute atomic E-state index is 5.74. The van der Waals surface area contributed by atoms with Crippen LogP contribution in [-0.4, -0.2) is 95.1 Å². The molecule has 0 radical (unpaired) electrons. The molecule has 5 nitrogen and oxygen atoms in total. The summed E-state index contributed by atoms with van der Waals surface area (Å²) in [6.07, 6.45) is 0. The summed E-state index contributed by atoms with van der Waals surface area (Å²) in [5.74, 6) is 0.728. The lowest BCUT2D eigenvalue weighted by Gasteiger charge is -2.34. The average molecular weight is 295 g/mol. The van der Waals surface area contributed by atoms with Crippen LogP contribution in [0.25, 0.3) is 0 Å². The Bertz CT molecular complexity index is 202. The van der Waals surface area contributed by atoms with Gasteiger partial charge >= 0.3 is 0 Å². The Labute approximate surface area is 121 Å². The molecule has 1 fully saturated rings. The minimum atomic E-state index is 0.641. The molecule has 1 saturated heterocycles. The summed E-state index contributed by atoms with van der Waals surface area (Å²) < 4.78 is 15.8. The van der Waals surface area contributed by atoms with Crippen LogP contribution in [0.2, 0.25) is 0 Å². The predicted octanol–water partition coefficient (Wildman–Crippen LogP) is 0.522. The predicted molar refractivity (Wildman–Crippen MR) is 77.1 cm³/mol. The van der Waals surface area contributed by atoms with Crippen LogP contribution in [0.15, 0.2) is 0 Å². The van der Waals surface area contributed by atoms with E-state index in [2.05, 4.69) is 9.80 Å². The minimum Gasteiger partial charge on any atom is -0.382 e. The molecule has 0 amide bonds. The minimum absolute atomic E-state index is 0.641. The Balaban J connectivity index is 1.85. The van der Waals surface area contributed by atoms with E-state index in [1.807, 2.05) is 0 Å². The van der Waals surface area contributed by atoms with E-state index in [0.717, 1.165) is 51.8 Å². The van der Waals surface area contributed by atoms with Crippen LogP contribution in [0.3, 0.4) is 0 Å². The van der Waals surface area contributed by atoms with Gasteiger partial charge in [-0.2, -0.15) is 0 Å². The van der Waals surface area contributed by atoms with Crippen molar-refractivity contribution in [1.82, 2.24) is 9.80 Å². The zero-order chi connectivity index (χ0) is 13.8. The van der Waals surface area contributed by atoms with E-state index in [-0.39, 0.29) is 0 Å². The van der Waals surface area contributed by atoms with Crippen molar-refractivity contribution in [1.29, 1.82) is 0 Å². The molecule has 1 aliphatic heterocycles. The van der Waals surface area contributed by atoms with E-state index < -0.39 is 0 Å². The van der Waals surface area contributed by atoms with E-state index in [4.69, 9.17) is 25.8 Å². The van der Waals surface area contributed by atoms with Gasteiger partial charge in [0.15, 0.2) is 0 Å². The molecule has 0 aromatic rings. The summed E-state index contributed by atoms with van der Waals surface area (Å²) >= 11 is 5.74. The number of alkyl halides is 1. The van der Waals surface area contributed by atoms with Crippen LogP contribution in [0.4, 0.5) is 0 Å². The van der Waals surface area contributed by atoms with E-state index in [9.17, 15) is 0 Å². The summed E-state index contributed by atoms with van der Waals surface area (Å²) in [4.78, 5) is 4.85. The monoisotopic (exact) mass is 294 g/mol. The Hall–Kier alpha value is 0.0900. The molecule has 1 rings (SSSR count). The number of nitrogens with zero attached hydrogens (tertiary/aromatic N) is 2. The highest BCUT2D eigenvalue weighted by Gasteiger charge is 2.15. The quantitative estimate of drug-likeness (QED) is 0.410. The molecule has 1 aliphatic rings. The molecule has 0 aromatic carbocycles. The van der Waals surface area contributed by atoms with Crippen LogP contribution in [-0.2, 0) is 14.2 Å². The van der Waals surface area contributed by atoms with Gasteiger partial charge in [0.05, 0.1) is 33.0 Å². The Morgan fingerprint density at radius 2 is 1.32 bits per heavy atom. The smallest absolute Gasteiger partial charge is 0.0701 e. The number of hydrogen-bond donors (Lipinski definition) is 0. The van der Waals surface area contributed by atoms with E-state index in [1.165, 1.54) is 0 Å². The fourth-order valence-corrected chi connectivity index (χ4v) is 2.25. The molecular weight excluding hydrogens is 268 g/mol. The molecule has 114 valence electrons. The molecule has 0 saturated carbocycles. The first-order valence-electron chi connectivity index (χ1n) is 7.02. The summed E-state index contributed by atoms with van der Waals surface area (Å²) in [5.41, 5.74) is 0. The van der Waals surface area contributed by atoms with Crippen molar-refractivity contribution in [2.24, 2.45) is 0 Å². The molecule has 0 atom stereocenters. The molecule has 0 aromatic heterocycles. The molecule has 0 N–H and O–H groups in total. The Kier molecular flexibility index (Phi) is 10.7. The zero-order valence-electron chi connectivity index (χ0n) is 12.0. The fourth-order valence-electron chi connectivity index (χ4n) is 2.01. The van der Waals surface area contributed by atoms with Crippen LogP contribution in [0, 0.1) is 0 Å². The van der Waals surface area contributed by atoms with Crippen molar-refractivity contribution in [3.8, 4) is 0 Å². The molecule has 1 heterocycles. The Morgan fingerprint density at radius 3 is 1.89 bits per heavy atom. The van der Waals surface area contributed by atoms with Crippen molar-refractivity contribution in [2.75, 3.05) is 85.3 Å². The second kappa shape index (κ2) is 11.9. The Morgan fingerprint density at radius 1 is 0.789 bits per heavy atom. The van der Waals surface area contributed by atoms with Crippen LogP contribution >= 0.6 is 11.6 Å². The number of hydrogen-bond acceptors (Lipinski definition) is 5. The largest absolute Gasteiger partial charge is 0.382 e. The van der Waals surface area contributed by atoms with Crippen molar-refractivity contribution in [2.45, 2.75) is 0 Å². The average Bonchev–Trinajstić information content (AvgIpc) is 2.44. The molecule has 0 unspecified atom stereocenters. The molecular formula is C13H27ClN2O3. The third kappa shape index (κ3) is 8.78. The standard InChI is InChI=1S/C13H27ClN2O3/c1-17-10-11-19-13-12-18-9-8-16-6-4-15(3-2-14)5-7-16/h2-13H2,1H3. The van der Waals surface area contributed by atoms with Gasteiger partial charge in [-0.15, -0.1) is 11.6 Å². The lowest BCUT2D eigenvalue weighted by molar-refractivity contribution is 0.0160. The van der Waals surface area contributed by atoms with Gasteiger partial charge in [-0.05, 0) is 0 Å². The van der Waals surface area contributed by atoms with E-state index in [0.29, 0.717) is 26.4 Å². The summed E-state index contributed by atoms with van der Waals surface area (Å²) in [7, 11) is 1.67. The first kappa shape index (κ1) is 17.1. The number of rotatable bonds is 11. The first-order chi connectivity index (χ1) is 9.36. The molecule has 19 heavy (non-hydrogen) atoms. The van der Waals surface area contributed by atoms with Gasteiger partial charge in [-0.25, -0.2) is 0 Å². The normalized spacial score (nSPS) is 18.0. The first-order valence-corrected chi connectivity index (χ1v) is 7.55. The topological polar surface area (TPSA) is 34.2 Å². The number of piperazine rings is 1. The van der Waals surface area contributed by atoms with Gasteiger partial charge in [0.25, 0.3) is 0 Å². The third-order valence-corrected chi connectivity index (χ3v) is 3.39. The van der Waals surface area contributed by atoms with E-state index >= 15 is 0 Å². The van der Waals surface area contributed by atoms with Crippen molar-refractivity contribution in [3.63, 3.8) is 0 Å².